The van der Waals surface area contributed by atoms with Crippen molar-refractivity contribution in [1.29, 1.82) is 0 Å². The number of nitrogens with zero attached hydrogens (tertiary/aromatic N) is 5. The summed E-state index contributed by atoms with van der Waals surface area (Å²) < 4.78 is 31.1. The highest BCUT2D eigenvalue weighted by atomic mass is 32.2. The molecule has 1 aliphatic heterocycles. The van der Waals surface area contributed by atoms with Gasteiger partial charge in [0, 0.05) is 39.9 Å². The van der Waals surface area contributed by atoms with Crippen LogP contribution in [0.25, 0.3) is 0 Å². The summed E-state index contributed by atoms with van der Waals surface area (Å²) in [6.07, 6.45) is 0.853. The quantitative estimate of drug-likeness (QED) is 0.404. The van der Waals surface area contributed by atoms with E-state index >= 15 is 0 Å². The van der Waals surface area contributed by atoms with Gasteiger partial charge in [0.2, 0.25) is 0 Å². The minimum absolute atomic E-state index is 0.128. The summed E-state index contributed by atoms with van der Waals surface area (Å²) >= 11 is 0. The number of nitrogens with one attached hydrogen (secondary N) is 1. The molecule has 0 bridgehead atoms. The van der Waals surface area contributed by atoms with Crippen molar-refractivity contribution in [2.24, 2.45) is 12.0 Å². The van der Waals surface area contributed by atoms with Gasteiger partial charge in [-0.3, -0.25) is 0 Å². The molecule has 1 N–H and O–H groups in total. The number of hydrogen-bond acceptors (Lipinski definition) is 6. The molecular formula is C17H32N6O3S. The predicted octanol–water partition coefficient (Wildman–Crippen LogP) is 0.505. The first-order valence-electron chi connectivity index (χ1n) is 9.36. The summed E-state index contributed by atoms with van der Waals surface area (Å²) in [5.41, 5.74) is 0. The Morgan fingerprint density at radius 1 is 1.37 bits per heavy atom. The molecule has 1 saturated heterocycles. The molecule has 1 fully saturated rings. The summed E-state index contributed by atoms with van der Waals surface area (Å²) in [7, 11) is -1.19. The van der Waals surface area contributed by atoms with E-state index in [0.717, 1.165) is 18.1 Å². The molecule has 0 aliphatic carbocycles. The molecule has 154 valence electrons. The van der Waals surface area contributed by atoms with E-state index in [-0.39, 0.29) is 5.75 Å². The Kier molecular flexibility index (Phi) is 7.21. The topological polar surface area (TPSA) is 102 Å². The third-order valence-corrected chi connectivity index (χ3v) is 7.38. The maximum Gasteiger partial charge on any atom is 0.194 e. The van der Waals surface area contributed by atoms with Crippen LogP contribution in [0.5, 0.6) is 0 Å². The number of ether oxygens (including phenoxy) is 1. The zero-order valence-corrected chi connectivity index (χ0v) is 17.8. The van der Waals surface area contributed by atoms with Gasteiger partial charge in [0.25, 0.3) is 0 Å². The van der Waals surface area contributed by atoms with E-state index in [1.807, 2.05) is 30.4 Å². The van der Waals surface area contributed by atoms with Crippen LogP contribution in [0.1, 0.15) is 38.8 Å². The fourth-order valence-corrected chi connectivity index (χ4v) is 4.21. The molecule has 0 amide bonds. The van der Waals surface area contributed by atoms with E-state index < -0.39 is 14.6 Å². The number of aliphatic imine (C=N–C) groups is 1. The maximum absolute atomic E-state index is 12.3. The lowest BCUT2D eigenvalue weighted by molar-refractivity contribution is 0.145. The SMILES string of the molecule is CCOCCCNC(=NCc1nnc(C)n1C)N1CCS(=O)(=O)C(C)(C)C1. The Morgan fingerprint density at radius 2 is 2.11 bits per heavy atom. The van der Waals surface area contributed by atoms with Crippen molar-refractivity contribution in [3.8, 4) is 0 Å². The predicted molar refractivity (Wildman–Crippen MR) is 105 cm³/mol. The first-order chi connectivity index (χ1) is 12.7. The summed E-state index contributed by atoms with van der Waals surface area (Å²) in [5, 5.41) is 11.6. The minimum Gasteiger partial charge on any atom is -0.382 e. The van der Waals surface area contributed by atoms with Gasteiger partial charge in [-0.15, -0.1) is 10.2 Å². The third-order valence-electron chi connectivity index (χ3n) is 4.85. The average Bonchev–Trinajstić information content (AvgIpc) is 2.92. The van der Waals surface area contributed by atoms with Crippen LogP contribution in [-0.4, -0.2) is 77.4 Å². The highest BCUT2D eigenvalue weighted by molar-refractivity contribution is 7.92. The van der Waals surface area contributed by atoms with E-state index in [2.05, 4.69) is 15.5 Å². The Balaban J connectivity index is 2.11. The fraction of sp³-hybridized carbons (Fsp3) is 0.824. The number of rotatable bonds is 7. The van der Waals surface area contributed by atoms with Gasteiger partial charge in [-0.1, -0.05) is 0 Å². The molecular weight excluding hydrogens is 368 g/mol. The third kappa shape index (κ3) is 5.41. The maximum atomic E-state index is 12.3. The van der Waals surface area contributed by atoms with E-state index in [1.54, 1.807) is 13.8 Å². The standard InChI is InChI=1S/C17H32N6O3S/c1-6-26-10-7-8-18-16(19-12-15-21-20-14(2)22(15)5)23-9-11-27(24,25)17(3,4)13-23/h6-13H2,1-5H3,(H,18,19). The largest absolute Gasteiger partial charge is 0.382 e. The minimum atomic E-state index is -3.10. The number of aryl methyl sites for hydroxylation is 1. The number of guanidine groups is 1. The first kappa shape index (κ1) is 21.6. The van der Waals surface area contributed by atoms with Gasteiger partial charge >= 0.3 is 0 Å². The average molecular weight is 401 g/mol. The van der Waals surface area contributed by atoms with E-state index in [1.165, 1.54) is 0 Å². The zero-order valence-electron chi connectivity index (χ0n) is 17.0. The summed E-state index contributed by atoms with van der Waals surface area (Å²) in [5.74, 6) is 2.43. The van der Waals surface area contributed by atoms with Gasteiger partial charge in [0.1, 0.15) is 12.4 Å². The van der Waals surface area contributed by atoms with Crippen molar-refractivity contribution < 1.29 is 13.2 Å². The van der Waals surface area contributed by atoms with Crippen molar-refractivity contribution in [3.05, 3.63) is 11.6 Å². The molecule has 9 nitrogen and oxygen atoms in total. The molecule has 0 spiro atoms. The van der Waals surface area contributed by atoms with Crippen LogP contribution < -0.4 is 5.32 Å². The molecule has 0 radical (unpaired) electrons. The Hall–Kier alpha value is -1.68. The zero-order chi connectivity index (χ0) is 20.1. The van der Waals surface area contributed by atoms with Crippen LogP contribution in [0.2, 0.25) is 0 Å². The van der Waals surface area contributed by atoms with Crippen LogP contribution in [0.3, 0.4) is 0 Å². The molecule has 0 saturated carbocycles. The molecule has 0 aromatic carbocycles. The van der Waals surface area contributed by atoms with Crippen molar-refractivity contribution in [1.82, 2.24) is 25.0 Å². The van der Waals surface area contributed by atoms with Crippen molar-refractivity contribution in [2.45, 2.75) is 45.4 Å². The lowest BCUT2D eigenvalue weighted by atomic mass is 10.2. The highest BCUT2D eigenvalue weighted by Gasteiger charge is 2.41. The fourth-order valence-electron chi connectivity index (χ4n) is 2.85. The van der Waals surface area contributed by atoms with Crippen LogP contribution in [0.4, 0.5) is 0 Å². The number of sulfone groups is 1. The summed E-state index contributed by atoms with van der Waals surface area (Å²) in [4.78, 5) is 6.71. The smallest absolute Gasteiger partial charge is 0.194 e. The molecule has 1 aromatic heterocycles. The second kappa shape index (κ2) is 9.01. The van der Waals surface area contributed by atoms with Crippen molar-refractivity contribution in [3.63, 3.8) is 0 Å². The highest BCUT2D eigenvalue weighted by Crippen LogP contribution is 2.23. The number of aromatic nitrogens is 3. The molecule has 10 heteroatoms. The molecule has 0 atom stereocenters. The van der Waals surface area contributed by atoms with E-state index in [0.29, 0.717) is 45.4 Å². The molecule has 0 unspecified atom stereocenters. The summed E-state index contributed by atoms with van der Waals surface area (Å²) in [6.45, 7) is 10.7. The molecule has 1 aliphatic rings. The van der Waals surface area contributed by atoms with Crippen LogP contribution in [0.15, 0.2) is 4.99 Å². The molecule has 1 aromatic rings. The van der Waals surface area contributed by atoms with Gasteiger partial charge in [0.15, 0.2) is 21.6 Å². The Bertz CT molecular complexity index is 757. The van der Waals surface area contributed by atoms with E-state index in [9.17, 15) is 8.42 Å². The van der Waals surface area contributed by atoms with Gasteiger partial charge in [-0.2, -0.15) is 0 Å². The van der Waals surface area contributed by atoms with E-state index in [4.69, 9.17) is 9.73 Å². The van der Waals surface area contributed by atoms with Crippen LogP contribution in [0, 0.1) is 6.92 Å². The van der Waals surface area contributed by atoms with Gasteiger partial charge in [-0.05, 0) is 34.1 Å². The monoisotopic (exact) mass is 400 g/mol. The van der Waals surface area contributed by atoms with Crippen molar-refractivity contribution in [2.75, 3.05) is 38.6 Å². The normalized spacial score (nSPS) is 19.3. The Morgan fingerprint density at radius 3 is 2.70 bits per heavy atom. The Labute approximate surface area is 162 Å². The number of hydrogen-bond donors (Lipinski definition) is 1. The molecule has 27 heavy (non-hydrogen) atoms. The van der Waals surface area contributed by atoms with Crippen molar-refractivity contribution >= 4 is 15.8 Å². The summed E-state index contributed by atoms with van der Waals surface area (Å²) in [6, 6.07) is 0. The first-order valence-corrected chi connectivity index (χ1v) is 11.0. The van der Waals surface area contributed by atoms with Gasteiger partial charge in [-0.25, -0.2) is 13.4 Å². The van der Waals surface area contributed by atoms with Crippen LogP contribution in [-0.2, 0) is 28.2 Å². The van der Waals surface area contributed by atoms with Gasteiger partial charge in [0.05, 0.1) is 10.5 Å². The second-order valence-electron chi connectivity index (χ2n) is 7.34. The lowest BCUT2D eigenvalue weighted by Crippen LogP contribution is -2.57. The molecule has 2 heterocycles. The second-order valence-corrected chi connectivity index (χ2v) is 10.1. The van der Waals surface area contributed by atoms with Gasteiger partial charge < -0.3 is 19.5 Å². The lowest BCUT2D eigenvalue weighted by Gasteiger charge is -2.39. The molecule has 2 rings (SSSR count). The van der Waals surface area contributed by atoms with Crippen LogP contribution >= 0.6 is 0 Å².